The van der Waals surface area contributed by atoms with E-state index in [0.717, 1.165) is 5.56 Å². The average Bonchev–Trinajstić information content (AvgIpc) is 2.62. The Labute approximate surface area is 101 Å². The average molecular weight is 229 g/mol. The Morgan fingerprint density at radius 3 is 2.35 bits per heavy atom. The van der Waals surface area contributed by atoms with E-state index in [1.54, 1.807) is 6.08 Å². The molecule has 1 aromatic carbocycles. The van der Waals surface area contributed by atoms with Crippen LogP contribution in [0.2, 0.25) is 0 Å². The molecule has 2 rings (SSSR count). The van der Waals surface area contributed by atoms with E-state index in [0.29, 0.717) is 11.6 Å². The van der Waals surface area contributed by atoms with Crippen molar-refractivity contribution in [1.29, 1.82) is 0 Å². The van der Waals surface area contributed by atoms with Gasteiger partial charge in [-0.05, 0) is 11.6 Å². The Morgan fingerprint density at radius 2 is 1.82 bits per heavy atom. The van der Waals surface area contributed by atoms with Crippen molar-refractivity contribution in [2.45, 2.75) is 20.8 Å². The second-order valence-corrected chi connectivity index (χ2v) is 5.00. The first kappa shape index (κ1) is 11.6. The van der Waals surface area contributed by atoms with E-state index in [2.05, 4.69) is 4.99 Å². The molecule has 0 aromatic heterocycles. The van der Waals surface area contributed by atoms with Gasteiger partial charge in [-0.25, -0.2) is 9.79 Å². The quantitative estimate of drug-likeness (QED) is 0.548. The summed E-state index contributed by atoms with van der Waals surface area (Å²) in [7, 11) is 0. The fourth-order valence-electron chi connectivity index (χ4n) is 1.44. The second-order valence-electron chi connectivity index (χ2n) is 5.00. The number of hydrogen-bond donors (Lipinski definition) is 0. The van der Waals surface area contributed by atoms with Gasteiger partial charge in [0.05, 0.1) is 0 Å². The van der Waals surface area contributed by atoms with Crippen molar-refractivity contribution >= 4 is 17.9 Å². The zero-order chi connectivity index (χ0) is 12.5. The lowest BCUT2D eigenvalue weighted by atomic mass is 9.97. The molecule has 0 radical (unpaired) electrons. The SMILES string of the molecule is CC(C)(C)C1=N/C(=C\c2ccccc2)C(=O)O1. The third kappa shape index (κ3) is 2.61. The molecule has 1 aromatic rings. The van der Waals surface area contributed by atoms with Crippen LogP contribution in [0, 0.1) is 5.41 Å². The molecule has 0 fully saturated rings. The van der Waals surface area contributed by atoms with E-state index in [1.165, 1.54) is 0 Å². The molecule has 0 bridgehead atoms. The van der Waals surface area contributed by atoms with Gasteiger partial charge in [-0.3, -0.25) is 0 Å². The summed E-state index contributed by atoms with van der Waals surface area (Å²) in [5.74, 6) is 0.100. The van der Waals surface area contributed by atoms with Gasteiger partial charge in [0.1, 0.15) is 0 Å². The Morgan fingerprint density at radius 1 is 1.18 bits per heavy atom. The van der Waals surface area contributed by atoms with Crippen LogP contribution in [0.4, 0.5) is 0 Å². The first-order valence-corrected chi connectivity index (χ1v) is 5.55. The second kappa shape index (κ2) is 4.17. The molecular formula is C14H15NO2. The highest BCUT2D eigenvalue weighted by Crippen LogP contribution is 2.25. The molecule has 0 N–H and O–H groups in total. The minimum atomic E-state index is -0.376. The number of esters is 1. The molecule has 0 atom stereocenters. The zero-order valence-corrected chi connectivity index (χ0v) is 10.2. The molecule has 3 heteroatoms. The molecule has 1 aliphatic heterocycles. The van der Waals surface area contributed by atoms with Crippen molar-refractivity contribution in [2.75, 3.05) is 0 Å². The largest absolute Gasteiger partial charge is 0.406 e. The van der Waals surface area contributed by atoms with Gasteiger partial charge in [-0.1, -0.05) is 51.1 Å². The van der Waals surface area contributed by atoms with Crippen molar-refractivity contribution in [2.24, 2.45) is 10.4 Å². The minimum absolute atomic E-state index is 0.248. The Bertz CT molecular complexity index is 493. The van der Waals surface area contributed by atoms with E-state index in [-0.39, 0.29) is 11.4 Å². The summed E-state index contributed by atoms with van der Waals surface area (Å²) in [6.45, 7) is 5.89. The fraction of sp³-hybridized carbons (Fsp3) is 0.286. The van der Waals surface area contributed by atoms with Crippen molar-refractivity contribution in [3.63, 3.8) is 0 Å². The number of nitrogens with zero attached hydrogens (tertiary/aromatic N) is 1. The Kier molecular flexibility index (Phi) is 2.84. The number of carbonyl (C=O) groups excluding carboxylic acids is 1. The smallest absolute Gasteiger partial charge is 0.363 e. The Hall–Kier alpha value is -1.90. The van der Waals surface area contributed by atoms with Crippen LogP contribution in [0.25, 0.3) is 6.08 Å². The summed E-state index contributed by atoms with van der Waals surface area (Å²) in [4.78, 5) is 15.9. The number of cyclic esters (lactones) is 1. The van der Waals surface area contributed by atoms with Crippen molar-refractivity contribution in [3.8, 4) is 0 Å². The summed E-state index contributed by atoms with van der Waals surface area (Å²) in [6, 6.07) is 9.61. The van der Waals surface area contributed by atoms with Crippen molar-refractivity contribution in [3.05, 3.63) is 41.6 Å². The predicted octanol–water partition coefficient (Wildman–Crippen LogP) is 3.03. The molecule has 0 aliphatic carbocycles. The molecule has 88 valence electrons. The molecule has 0 amide bonds. The highest BCUT2D eigenvalue weighted by Gasteiger charge is 2.31. The number of carbonyl (C=O) groups is 1. The summed E-state index contributed by atoms with van der Waals surface area (Å²) >= 11 is 0. The molecule has 1 heterocycles. The molecule has 0 spiro atoms. The van der Waals surface area contributed by atoms with Crippen LogP contribution in [0.15, 0.2) is 41.0 Å². The first-order chi connectivity index (χ1) is 7.97. The number of ether oxygens (including phenoxy) is 1. The van der Waals surface area contributed by atoms with Crippen molar-refractivity contribution < 1.29 is 9.53 Å². The molecule has 0 saturated carbocycles. The summed E-state index contributed by atoms with van der Waals surface area (Å²) in [6.07, 6.45) is 1.74. The predicted molar refractivity (Wildman–Crippen MR) is 67.4 cm³/mol. The monoisotopic (exact) mass is 229 g/mol. The standard InChI is InChI=1S/C14H15NO2/c1-14(2,3)13-15-11(12(16)17-13)9-10-7-5-4-6-8-10/h4-9H,1-3H3/b11-9-. The van der Waals surface area contributed by atoms with Crippen LogP contribution in [-0.4, -0.2) is 11.9 Å². The molecular weight excluding hydrogens is 214 g/mol. The minimum Gasteiger partial charge on any atom is -0.406 e. The van der Waals surface area contributed by atoms with Crippen LogP contribution in [-0.2, 0) is 9.53 Å². The van der Waals surface area contributed by atoms with Gasteiger partial charge in [0.15, 0.2) is 5.70 Å². The fourth-order valence-corrected chi connectivity index (χ4v) is 1.44. The lowest BCUT2D eigenvalue weighted by Gasteiger charge is -2.15. The maximum Gasteiger partial charge on any atom is 0.363 e. The summed E-state index contributed by atoms with van der Waals surface area (Å²) in [5.41, 5.74) is 1.06. The van der Waals surface area contributed by atoms with Gasteiger partial charge in [0.25, 0.3) is 0 Å². The van der Waals surface area contributed by atoms with Gasteiger partial charge >= 0.3 is 5.97 Å². The number of aliphatic imine (C=N–C) groups is 1. The van der Waals surface area contributed by atoms with Gasteiger partial charge in [0.2, 0.25) is 5.90 Å². The number of hydrogen-bond acceptors (Lipinski definition) is 3. The normalized spacial score (nSPS) is 18.2. The molecule has 0 saturated heterocycles. The first-order valence-electron chi connectivity index (χ1n) is 5.55. The Balaban J connectivity index is 2.32. The van der Waals surface area contributed by atoms with Crippen LogP contribution >= 0.6 is 0 Å². The number of benzene rings is 1. The van der Waals surface area contributed by atoms with Gasteiger partial charge in [-0.15, -0.1) is 0 Å². The van der Waals surface area contributed by atoms with Crippen LogP contribution in [0.1, 0.15) is 26.3 Å². The van der Waals surface area contributed by atoms with Gasteiger partial charge in [0, 0.05) is 5.41 Å². The molecule has 17 heavy (non-hydrogen) atoms. The molecule has 0 unspecified atom stereocenters. The maximum absolute atomic E-state index is 11.6. The van der Waals surface area contributed by atoms with Gasteiger partial charge < -0.3 is 4.74 Å². The topological polar surface area (TPSA) is 38.7 Å². The summed E-state index contributed by atoms with van der Waals surface area (Å²) in [5, 5.41) is 0. The summed E-state index contributed by atoms with van der Waals surface area (Å²) < 4.78 is 5.15. The number of rotatable bonds is 1. The van der Waals surface area contributed by atoms with Crippen molar-refractivity contribution in [1.82, 2.24) is 0 Å². The van der Waals surface area contributed by atoms with Crippen LogP contribution < -0.4 is 0 Å². The zero-order valence-electron chi connectivity index (χ0n) is 10.2. The molecule has 1 aliphatic rings. The van der Waals surface area contributed by atoms with Crippen LogP contribution in [0.5, 0.6) is 0 Å². The van der Waals surface area contributed by atoms with Gasteiger partial charge in [-0.2, -0.15) is 0 Å². The van der Waals surface area contributed by atoms with E-state index >= 15 is 0 Å². The lowest BCUT2D eigenvalue weighted by Crippen LogP contribution is -2.21. The highest BCUT2D eigenvalue weighted by molar-refractivity contribution is 6.08. The highest BCUT2D eigenvalue weighted by atomic mass is 16.6. The lowest BCUT2D eigenvalue weighted by molar-refractivity contribution is -0.130. The van der Waals surface area contributed by atoms with E-state index in [9.17, 15) is 4.79 Å². The third-order valence-corrected chi connectivity index (χ3v) is 2.37. The van der Waals surface area contributed by atoms with E-state index < -0.39 is 0 Å². The van der Waals surface area contributed by atoms with E-state index in [4.69, 9.17) is 4.74 Å². The third-order valence-electron chi connectivity index (χ3n) is 2.37. The van der Waals surface area contributed by atoms with Crippen LogP contribution in [0.3, 0.4) is 0 Å². The molecule has 3 nitrogen and oxygen atoms in total. The van der Waals surface area contributed by atoms with E-state index in [1.807, 2.05) is 51.1 Å². The maximum atomic E-state index is 11.6.